The molecule has 0 unspecified atom stereocenters. The molecule has 32 heavy (non-hydrogen) atoms. The Labute approximate surface area is 192 Å². The van der Waals surface area contributed by atoms with Crippen molar-refractivity contribution in [2.45, 2.75) is 39.2 Å². The van der Waals surface area contributed by atoms with Crippen LogP contribution in [-0.2, 0) is 16.0 Å². The Kier molecular flexibility index (Phi) is 7.35. The molecule has 1 N–H and O–H groups in total. The van der Waals surface area contributed by atoms with Crippen molar-refractivity contribution in [2.24, 2.45) is 0 Å². The van der Waals surface area contributed by atoms with Gasteiger partial charge in [0.2, 0.25) is 5.91 Å². The Morgan fingerprint density at radius 3 is 2.59 bits per heavy atom. The van der Waals surface area contributed by atoms with Crippen molar-refractivity contribution >= 4 is 35.0 Å². The van der Waals surface area contributed by atoms with E-state index >= 15 is 0 Å². The summed E-state index contributed by atoms with van der Waals surface area (Å²) in [7, 11) is 1.50. The normalized spacial score (nSPS) is 13.9. The summed E-state index contributed by atoms with van der Waals surface area (Å²) in [4.78, 5) is 34.7. The van der Waals surface area contributed by atoms with Crippen molar-refractivity contribution in [3.63, 3.8) is 0 Å². The Morgan fingerprint density at radius 1 is 1.22 bits per heavy atom. The number of ether oxygens (including phenoxy) is 2. The van der Waals surface area contributed by atoms with Crippen LogP contribution >= 0.6 is 11.6 Å². The van der Waals surface area contributed by atoms with Gasteiger partial charge in [0.1, 0.15) is 22.2 Å². The summed E-state index contributed by atoms with van der Waals surface area (Å²) < 4.78 is 10.5. The van der Waals surface area contributed by atoms with Gasteiger partial charge in [-0.25, -0.2) is 9.78 Å². The molecule has 2 amide bonds. The molecule has 2 aromatic rings. The van der Waals surface area contributed by atoms with E-state index in [2.05, 4.69) is 15.3 Å². The average Bonchev–Trinajstić information content (AvgIpc) is 2.74. The van der Waals surface area contributed by atoms with Gasteiger partial charge in [-0.2, -0.15) is 0 Å². The van der Waals surface area contributed by atoms with Crippen LogP contribution in [0.25, 0.3) is 5.57 Å². The number of hydrogen-bond acceptors (Lipinski definition) is 6. The highest BCUT2D eigenvalue weighted by molar-refractivity contribution is 6.32. The number of amides is 2. The largest absolute Gasteiger partial charge is 0.495 e. The zero-order valence-corrected chi connectivity index (χ0v) is 19.4. The van der Waals surface area contributed by atoms with E-state index in [4.69, 9.17) is 21.1 Å². The number of pyridine rings is 2. The number of anilines is 1. The van der Waals surface area contributed by atoms with Gasteiger partial charge in [-0.3, -0.25) is 9.78 Å². The fourth-order valence-corrected chi connectivity index (χ4v) is 3.32. The molecule has 2 aromatic heterocycles. The van der Waals surface area contributed by atoms with Gasteiger partial charge in [0.05, 0.1) is 19.7 Å². The minimum atomic E-state index is -0.511. The van der Waals surface area contributed by atoms with E-state index in [1.807, 2.05) is 39.0 Å². The first-order chi connectivity index (χ1) is 15.1. The van der Waals surface area contributed by atoms with E-state index in [-0.39, 0.29) is 18.4 Å². The fourth-order valence-electron chi connectivity index (χ4n) is 3.14. The van der Waals surface area contributed by atoms with E-state index < -0.39 is 5.60 Å². The number of rotatable bonds is 5. The molecule has 1 aliphatic heterocycles. The molecule has 0 aliphatic carbocycles. The molecule has 170 valence electrons. The molecular formula is C23H27ClN4O4. The first-order valence-electron chi connectivity index (χ1n) is 10.3. The van der Waals surface area contributed by atoms with Crippen molar-refractivity contribution in [3.8, 4) is 5.75 Å². The molecule has 0 saturated carbocycles. The van der Waals surface area contributed by atoms with Crippen molar-refractivity contribution in [1.29, 1.82) is 0 Å². The number of carbonyl (C=O) groups is 2. The van der Waals surface area contributed by atoms with E-state index in [0.717, 1.165) is 11.1 Å². The lowest BCUT2D eigenvalue weighted by atomic mass is 10.0. The summed E-state index contributed by atoms with van der Waals surface area (Å²) in [5.74, 6) is 0.548. The topological polar surface area (TPSA) is 93.7 Å². The number of nitrogens with zero attached hydrogens (tertiary/aromatic N) is 3. The molecule has 0 atom stereocenters. The van der Waals surface area contributed by atoms with Crippen LogP contribution in [0.3, 0.4) is 0 Å². The Morgan fingerprint density at radius 2 is 2.00 bits per heavy atom. The average molecular weight is 459 g/mol. The van der Waals surface area contributed by atoms with Gasteiger partial charge in [0.15, 0.2) is 0 Å². The summed E-state index contributed by atoms with van der Waals surface area (Å²) in [5.41, 5.74) is 2.22. The SMILES string of the molecule is COc1cc(NC(=O)Cc2ccc(C3=CCN(C(=O)OC(C)(C)C)CC3)cn2)ncc1Cl. The number of aromatic nitrogens is 2. The lowest BCUT2D eigenvalue weighted by Gasteiger charge is -2.29. The molecule has 0 aromatic carbocycles. The minimum Gasteiger partial charge on any atom is -0.495 e. The van der Waals surface area contributed by atoms with E-state index in [0.29, 0.717) is 41.8 Å². The van der Waals surface area contributed by atoms with Crippen LogP contribution in [0.15, 0.2) is 36.7 Å². The summed E-state index contributed by atoms with van der Waals surface area (Å²) in [6.07, 6.45) is 5.70. The van der Waals surface area contributed by atoms with Gasteiger partial charge < -0.3 is 19.7 Å². The predicted molar refractivity (Wildman–Crippen MR) is 123 cm³/mol. The second-order valence-corrected chi connectivity index (χ2v) is 8.78. The van der Waals surface area contributed by atoms with Gasteiger partial charge in [0.25, 0.3) is 0 Å². The third-order valence-electron chi connectivity index (χ3n) is 4.71. The summed E-state index contributed by atoms with van der Waals surface area (Å²) in [6.45, 7) is 6.64. The highest BCUT2D eigenvalue weighted by atomic mass is 35.5. The van der Waals surface area contributed by atoms with Crippen molar-refractivity contribution in [2.75, 3.05) is 25.5 Å². The first-order valence-corrected chi connectivity index (χ1v) is 10.6. The zero-order valence-electron chi connectivity index (χ0n) is 18.6. The molecule has 0 bridgehead atoms. The summed E-state index contributed by atoms with van der Waals surface area (Å²) in [5, 5.41) is 3.08. The van der Waals surface area contributed by atoms with Crippen LogP contribution in [0.2, 0.25) is 5.02 Å². The van der Waals surface area contributed by atoms with Crippen molar-refractivity contribution in [3.05, 3.63) is 52.9 Å². The second kappa shape index (κ2) is 9.99. The monoisotopic (exact) mass is 458 g/mol. The van der Waals surface area contributed by atoms with E-state index in [1.54, 1.807) is 17.2 Å². The zero-order chi connectivity index (χ0) is 23.3. The maximum atomic E-state index is 12.3. The van der Waals surface area contributed by atoms with Crippen LogP contribution in [0.4, 0.5) is 10.6 Å². The number of methoxy groups -OCH3 is 1. The number of halogens is 1. The number of carbonyl (C=O) groups excluding carboxylic acids is 2. The second-order valence-electron chi connectivity index (χ2n) is 8.37. The maximum Gasteiger partial charge on any atom is 0.410 e. The molecule has 3 heterocycles. The third-order valence-corrected chi connectivity index (χ3v) is 4.99. The standard InChI is InChI=1S/C23H27ClN4O4/c1-23(2,3)32-22(30)28-9-7-15(8-10-28)16-5-6-17(25-13-16)11-21(29)27-20-12-19(31-4)18(24)14-26-20/h5-7,12-14H,8-11H2,1-4H3,(H,26,27,29). The van der Waals surface area contributed by atoms with Gasteiger partial charge >= 0.3 is 6.09 Å². The molecule has 0 fully saturated rings. The third kappa shape index (κ3) is 6.43. The summed E-state index contributed by atoms with van der Waals surface area (Å²) in [6, 6.07) is 5.33. The quantitative estimate of drug-likeness (QED) is 0.716. The molecular weight excluding hydrogens is 432 g/mol. The van der Waals surface area contributed by atoms with Gasteiger partial charge in [-0.1, -0.05) is 23.7 Å². The predicted octanol–water partition coefficient (Wildman–Crippen LogP) is 4.34. The van der Waals surface area contributed by atoms with Gasteiger partial charge in [0, 0.05) is 31.0 Å². The Balaban J connectivity index is 1.56. The lowest BCUT2D eigenvalue weighted by molar-refractivity contribution is -0.115. The van der Waals surface area contributed by atoms with Crippen LogP contribution in [0.1, 0.15) is 38.4 Å². The van der Waals surface area contributed by atoms with Crippen LogP contribution in [0.5, 0.6) is 5.75 Å². The number of nitrogens with one attached hydrogen (secondary N) is 1. The minimum absolute atomic E-state index is 0.109. The van der Waals surface area contributed by atoms with Crippen molar-refractivity contribution in [1.82, 2.24) is 14.9 Å². The van der Waals surface area contributed by atoms with Crippen LogP contribution in [-0.4, -0.2) is 52.7 Å². The van der Waals surface area contributed by atoms with Crippen LogP contribution < -0.4 is 10.1 Å². The van der Waals surface area contributed by atoms with E-state index in [9.17, 15) is 9.59 Å². The summed E-state index contributed by atoms with van der Waals surface area (Å²) >= 11 is 5.95. The fraction of sp³-hybridized carbons (Fsp3) is 0.391. The van der Waals surface area contributed by atoms with Crippen molar-refractivity contribution < 1.29 is 19.1 Å². The molecule has 0 radical (unpaired) electrons. The van der Waals surface area contributed by atoms with Gasteiger partial charge in [-0.05, 0) is 44.4 Å². The molecule has 9 heteroatoms. The molecule has 0 saturated heterocycles. The van der Waals surface area contributed by atoms with Crippen LogP contribution in [0, 0.1) is 0 Å². The molecule has 8 nitrogen and oxygen atoms in total. The smallest absolute Gasteiger partial charge is 0.410 e. The highest BCUT2D eigenvalue weighted by Gasteiger charge is 2.24. The first kappa shape index (κ1) is 23.5. The Bertz CT molecular complexity index is 1020. The lowest BCUT2D eigenvalue weighted by Crippen LogP contribution is -2.39. The molecule has 1 aliphatic rings. The maximum absolute atomic E-state index is 12.3. The molecule has 0 spiro atoms. The Hall–Kier alpha value is -3.13. The molecule has 3 rings (SSSR count). The highest BCUT2D eigenvalue weighted by Crippen LogP contribution is 2.26. The van der Waals surface area contributed by atoms with Gasteiger partial charge in [-0.15, -0.1) is 0 Å². The number of hydrogen-bond donors (Lipinski definition) is 1. The van der Waals surface area contributed by atoms with E-state index in [1.165, 1.54) is 13.3 Å².